The van der Waals surface area contributed by atoms with Gasteiger partial charge in [-0.15, -0.1) is 0 Å². The molecular formula is C15H23N3O3. The van der Waals surface area contributed by atoms with Gasteiger partial charge >= 0.3 is 6.03 Å². The number of carbonyl (C=O) groups excluding carboxylic acids is 2. The monoisotopic (exact) mass is 293 g/mol. The second kappa shape index (κ2) is 8.26. The summed E-state index contributed by atoms with van der Waals surface area (Å²) in [7, 11) is 0. The Morgan fingerprint density at radius 2 is 1.81 bits per heavy atom. The van der Waals surface area contributed by atoms with Gasteiger partial charge in [0.05, 0.1) is 6.61 Å². The lowest BCUT2D eigenvalue weighted by Gasteiger charge is -2.30. The van der Waals surface area contributed by atoms with E-state index in [0.29, 0.717) is 17.8 Å². The van der Waals surface area contributed by atoms with Crippen LogP contribution in [-0.4, -0.2) is 41.1 Å². The topological polar surface area (TPSA) is 95.7 Å². The third kappa shape index (κ3) is 4.75. The number of aliphatic hydroxyl groups is 1. The van der Waals surface area contributed by atoms with E-state index in [0.717, 1.165) is 12.8 Å². The molecule has 0 heterocycles. The van der Waals surface area contributed by atoms with Gasteiger partial charge in [-0.1, -0.05) is 13.8 Å². The molecule has 21 heavy (non-hydrogen) atoms. The highest BCUT2D eigenvalue weighted by molar-refractivity contribution is 5.95. The first kappa shape index (κ1) is 17.0. The van der Waals surface area contributed by atoms with E-state index in [2.05, 4.69) is 5.32 Å². The van der Waals surface area contributed by atoms with Gasteiger partial charge in [-0.05, 0) is 37.1 Å². The number of nitrogens with two attached hydrogens (primary N) is 1. The van der Waals surface area contributed by atoms with Gasteiger partial charge < -0.3 is 21.1 Å². The third-order valence-electron chi connectivity index (χ3n) is 3.38. The molecule has 0 bridgehead atoms. The number of amides is 3. The molecule has 0 aromatic heterocycles. The lowest BCUT2D eigenvalue weighted by Crippen LogP contribution is -2.41. The Morgan fingerprint density at radius 3 is 2.24 bits per heavy atom. The normalized spacial score (nSPS) is 10.5. The van der Waals surface area contributed by atoms with Crippen LogP contribution in [0.3, 0.4) is 0 Å². The summed E-state index contributed by atoms with van der Waals surface area (Å²) in [5, 5.41) is 11.6. The van der Waals surface area contributed by atoms with Crippen molar-refractivity contribution >= 4 is 17.6 Å². The molecule has 6 heteroatoms. The largest absolute Gasteiger partial charge is 0.395 e. The van der Waals surface area contributed by atoms with E-state index in [1.807, 2.05) is 13.8 Å². The van der Waals surface area contributed by atoms with Gasteiger partial charge in [-0.3, -0.25) is 4.79 Å². The molecule has 0 unspecified atom stereocenters. The quantitative estimate of drug-likeness (QED) is 0.715. The van der Waals surface area contributed by atoms with Crippen molar-refractivity contribution < 1.29 is 14.7 Å². The van der Waals surface area contributed by atoms with Crippen LogP contribution in [0, 0.1) is 0 Å². The summed E-state index contributed by atoms with van der Waals surface area (Å²) < 4.78 is 0. The minimum absolute atomic E-state index is 0.0659. The molecule has 3 amide bonds. The van der Waals surface area contributed by atoms with Crippen LogP contribution in [0.4, 0.5) is 10.5 Å². The van der Waals surface area contributed by atoms with Crippen LogP contribution in [0.25, 0.3) is 0 Å². The Balaban J connectivity index is 2.90. The smallest absolute Gasteiger partial charge is 0.316 e. The summed E-state index contributed by atoms with van der Waals surface area (Å²) in [5.74, 6) is -0.122. The Labute approximate surface area is 124 Å². The molecule has 0 aliphatic heterocycles. The number of primary amides is 1. The molecule has 1 aromatic carbocycles. The van der Waals surface area contributed by atoms with E-state index >= 15 is 0 Å². The number of carbonyl (C=O) groups is 2. The van der Waals surface area contributed by atoms with Crippen LogP contribution in [-0.2, 0) is 0 Å². The van der Waals surface area contributed by atoms with Gasteiger partial charge in [0.2, 0.25) is 0 Å². The molecule has 4 N–H and O–H groups in total. The number of nitrogens with zero attached hydrogens (tertiary/aromatic N) is 1. The van der Waals surface area contributed by atoms with E-state index in [-0.39, 0.29) is 18.6 Å². The van der Waals surface area contributed by atoms with E-state index in [1.54, 1.807) is 29.2 Å². The molecule has 0 radical (unpaired) electrons. The van der Waals surface area contributed by atoms with Crippen LogP contribution in [0.5, 0.6) is 0 Å². The van der Waals surface area contributed by atoms with Crippen LogP contribution < -0.4 is 11.1 Å². The van der Waals surface area contributed by atoms with Crippen molar-refractivity contribution in [3.05, 3.63) is 29.8 Å². The first-order valence-electron chi connectivity index (χ1n) is 7.11. The maximum Gasteiger partial charge on any atom is 0.316 e. The van der Waals surface area contributed by atoms with E-state index in [4.69, 9.17) is 10.8 Å². The number of hydrogen-bond donors (Lipinski definition) is 3. The highest BCUT2D eigenvalue weighted by Gasteiger charge is 2.21. The van der Waals surface area contributed by atoms with Crippen molar-refractivity contribution in [1.82, 2.24) is 4.90 Å². The Hall–Kier alpha value is -2.08. The molecule has 0 aliphatic rings. The Bertz CT molecular complexity index is 470. The maximum atomic E-state index is 12.5. The zero-order valence-electron chi connectivity index (χ0n) is 12.5. The van der Waals surface area contributed by atoms with Gasteiger partial charge in [0.1, 0.15) is 0 Å². The van der Waals surface area contributed by atoms with Gasteiger partial charge in [0.15, 0.2) is 0 Å². The second-order valence-electron chi connectivity index (χ2n) is 4.76. The summed E-state index contributed by atoms with van der Waals surface area (Å²) >= 11 is 0. The molecule has 0 saturated carbocycles. The van der Waals surface area contributed by atoms with Crippen molar-refractivity contribution in [3.63, 3.8) is 0 Å². The van der Waals surface area contributed by atoms with Gasteiger partial charge in [-0.2, -0.15) is 0 Å². The fourth-order valence-electron chi connectivity index (χ4n) is 2.29. The number of hydrogen-bond acceptors (Lipinski definition) is 3. The fraction of sp³-hybridized carbons (Fsp3) is 0.467. The van der Waals surface area contributed by atoms with Crippen LogP contribution >= 0.6 is 0 Å². The summed E-state index contributed by atoms with van der Waals surface area (Å²) in [4.78, 5) is 25.0. The Kier molecular flexibility index (Phi) is 6.68. The molecule has 6 nitrogen and oxygen atoms in total. The molecule has 116 valence electrons. The van der Waals surface area contributed by atoms with Gasteiger partial charge in [0, 0.05) is 23.8 Å². The Morgan fingerprint density at radius 1 is 1.24 bits per heavy atom. The van der Waals surface area contributed by atoms with Crippen molar-refractivity contribution in [3.8, 4) is 0 Å². The summed E-state index contributed by atoms with van der Waals surface area (Å²) in [6, 6.07) is 5.99. The van der Waals surface area contributed by atoms with Crippen molar-refractivity contribution in [1.29, 1.82) is 0 Å². The minimum Gasteiger partial charge on any atom is -0.395 e. The van der Waals surface area contributed by atoms with Gasteiger partial charge in [0.25, 0.3) is 5.91 Å². The molecular weight excluding hydrogens is 270 g/mol. The zero-order chi connectivity index (χ0) is 15.8. The minimum atomic E-state index is -0.645. The standard InChI is InChI=1S/C15H23N3O3/c1-3-13(4-2)18(9-10-19)14(20)11-5-7-12(8-6-11)17-15(16)21/h5-8,13,19H,3-4,9-10H2,1-2H3,(H3,16,17,21). The third-order valence-corrected chi connectivity index (χ3v) is 3.38. The van der Waals surface area contributed by atoms with E-state index in [1.165, 1.54) is 0 Å². The number of aliphatic hydroxyl groups excluding tert-OH is 1. The summed E-state index contributed by atoms with van der Waals surface area (Å²) in [6.45, 7) is 4.29. The van der Waals surface area contributed by atoms with Crippen molar-refractivity contribution in [2.24, 2.45) is 5.73 Å². The van der Waals surface area contributed by atoms with Crippen LogP contribution in [0.2, 0.25) is 0 Å². The highest BCUT2D eigenvalue weighted by atomic mass is 16.3. The first-order chi connectivity index (χ1) is 10.0. The van der Waals surface area contributed by atoms with Crippen LogP contribution in [0.1, 0.15) is 37.0 Å². The number of benzene rings is 1. The number of rotatable bonds is 7. The lowest BCUT2D eigenvalue weighted by atomic mass is 10.1. The average molecular weight is 293 g/mol. The van der Waals surface area contributed by atoms with Crippen molar-refractivity contribution in [2.45, 2.75) is 32.7 Å². The maximum absolute atomic E-state index is 12.5. The molecule has 0 aliphatic carbocycles. The predicted octanol–water partition coefficient (Wildman–Crippen LogP) is 1.80. The number of urea groups is 1. The summed E-state index contributed by atoms with van der Waals surface area (Å²) in [5.41, 5.74) is 6.09. The summed E-state index contributed by atoms with van der Waals surface area (Å²) in [6.07, 6.45) is 1.67. The number of anilines is 1. The molecule has 1 rings (SSSR count). The molecule has 1 aromatic rings. The molecule has 0 fully saturated rings. The van der Waals surface area contributed by atoms with Crippen LogP contribution in [0.15, 0.2) is 24.3 Å². The molecule has 0 saturated heterocycles. The molecule has 0 atom stereocenters. The highest BCUT2D eigenvalue weighted by Crippen LogP contribution is 2.15. The predicted molar refractivity (Wildman–Crippen MR) is 82.1 cm³/mol. The lowest BCUT2D eigenvalue weighted by molar-refractivity contribution is 0.0622. The van der Waals surface area contributed by atoms with E-state index in [9.17, 15) is 9.59 Å². The van der Waals surface area contributed by atoms with E-state index < -0.39 is 6.03 Å². The molecule has 0 spiro atoms. The van der Waals surface area contributed by atoms with Crippen molar-refractivity contribution in [2.75, 3.05) is 18.5 Å². The van der Waals surface area contributed by atoms with Gasteiger partial charge in [-0.25, -0.2) is 4.79 Å². The first-order valence-corrected chi connectivity index (χ1v) is 7.11. The SMILES string of the molecule is CCC(CC)N(CCO)C(=O)c1ccc(NC(N)=O)cc1. The average Bonchev–Trinajstić information content (AvgIpc) is 2.47. The number of nitrogens with one attached hydrogen (secondary N) is 1. The fourth-order valence-corrected chi connectivity index (χ4v) is 2.29. The zero-order valence-corrected chi connectivity index (χ0v) is 12.5. The second-order valence-corrected chi connectivity index (χ2v) is 4.76.